The fourth-order valence-electron chi connectivity index (χ4n) is 2.27. The summed E-state index contributed by atoms with van der Waals surface area (Å²) in [6, 6.07) is 8.95. The minimum Gasteiger partial charge on any atom is -0.444 e. The van der Waals surface area contributed by atoms with E-state index in [1.165, 1.54) is 21.0 Å². The maximum atomic E-state index is 12.3. The molecule has 138 valence electrons. The third-order valence-corrected chi connectivity index (χ3v) is 3.90. The molecular formula is C17H18ClN3O5. The molecule has 2 rings (SSSR count). The molecule has 9 heteroatoms. The van der Waals surface area contributed by atoms with E-state index in [4.69, 9.17) is 16.3 Å². The van der Waals surface area contributed by atoms with E-state index in [-0.39, 0.29) is 18.0 Å². The van der Waals surface area contributed by atoms with E-state index < -0.39 is 28.5 Å². The molecule has 2 aromatic rings. The number of amides is 1. The van der Waals surface area contributed by atoms with Gasteiger partial charge in [-0.25, -0.2) is 9.59 Å². The van der Waals surface area contributed by atoms with Crippen LogP contribution in [-0.2, 0) is 25.4 Å². The van der Waals surface area contributed by atoms with E-state index in [0.29, 0.717) is 0 Å². The van der Waals surface area contributed by atoms with E-state index in [2.05, 4.69) is 5.32 Å². The molecule has 1 aromatic heterocycles. The fourth-order valence-corrected chi connectivity index (χ4v) is 2.38. The summed E-state index contributed by atoms with van der Waals surface area (Å²) in [5.41, 5.74) is -1.17. The Labute approximate surface area is 154 Å². The Morgan fingerprint density at radius 1 is 1.15 bits per heavy atom. The van der Waals surface area contributed by atoms with Gasteiger partial charge in [-0.2, -0.15) is 0 Å². The molecule has 1 atom stereocenters. The van der Waals surface area contributed by atoms with Crippen molar-refractivity contribution in [3.8, 4) is 0 Å². The Hall–Kier alpha value is -2.87. The topological polar surface area (TPSA) is 99.4 Å². The average Bonchev–Trinajstić information content (AvgIpc) is 2.63. The lowest BCUT2D eigenvalue weighted by atomic mass is 10.1. The van der Waals surface area contributed by atoms with Gasteiger partial charge in [-0.05, 0) is 12.5 Å². The highest BCUT2D eigenvalue weighted by Gasteiger charge is 2.26. The molecule has 0 aliphatic rings. The normalized spacial score (nSPS) is 11.7. The number of hydrogen-bond acceptors (Lipinski definition) is 5. The predicted octanol–water partition coefficient (Wildman–Crippen LogP) is 1.64. The second-order valence-corrected chi connectivity index (χ2v) is 6.25. The summed E-state index contributed by atoms with van der Waals surface area (Å²) in [6.45, 7) is 1.38. The number of aromatic nitrogens is 2. The van der Waals surface area contributed by atoms with Crippen LogP contribution in [0.2, 0.25) is 0 Å². The molecule has 1 unspecified atom stereocenters. The van der Waals surface area contributed by atoms with Gasteiger partial charge < -0.3 is 4.74 Å². The molecule has 0 aliphatic heterocycles. The number of ether oxygens (including phenoxy) is 1. The Morgan fingerprint density at radius 2 is 1.77 bits per heavy atom. The number of Topliss-reactive ketones (excluding diaryl/α,β-unsaturated/α-hetero) is 1. The quantitative estimate of drug-likeness (QED) is 0.629. The second-order valence-electron chi connectivity index (χ2n) is 5.60. The molecule has 1 aromatic carbocycles. The number of benzene rings is 1. The van der Waals surface area contributed by atoms with Gasteiger partial charge in [0.15, 0.2) is 5.78 Å². The summed E-state index contributed by atoms with van der Waals surface area (Å²) >= 11 is 5.80. The van der Waals surface area contributed by atoms with Gasteiger partial charge in [-0.3, -0.25) is 24.0 Å². The molecular weight excluding hydrogens is 362 g/mol. The van der Waals surface area contributed by atoms with Crippen molar-refractivity contribution in [2.75, 3.05) is 5.32 Å². The van der Waals surface area contributed by atoms with Gasteiger partial charge in [0.2, 0.25) is 0 Å². The van der Waals surface area contributed by atoms with Crippen molar-refractivity contribution >= 4 is 29.3 Å². The second kappa shape index (κ2) is 8.01. The number of carbonyl (C=O) groups excluding carboxylic acids is 2. The maximum absolute atomic E-state index is 12.3. The van der Waals surface area contributed by atoms with E-state index in [0.717, 1.165) is 14.7 Å². The molecule has 0 saturated carbocycles. The monoisotopic (exact) mass is 379 g/mol. The number of hydrogen-bond donors (Lipinski definition) is 1. The summed E-state index contributed by atoms with van der Waals surface area (Å²) in [5, 5.41) is 1.29. The lowest BCUT2D eigenvalue weighted by molar-refractivity contribution is 0.0989. The highest BCUT2D eigenvalue weighted by Crippen LogP contribution is 2.14. The van der Waals surface area contributed by atoms with Crippen molar-refractivity contribution < 1.29 is 14.3 Å². The number of carbonyl (C=O) groups is 2. The van der Waals surface area contributed by atoms with E-state index in [1.807, 2.05) is 6.07 Å². The van der Waals surface area contributed by atoms with E-state index in [9.17, 15) is 19.2 Å². The zero-order chi connectivity index (χ0) is 19.4. The largest absolute Gasteiger partial charge is 0.444 e. The summed E-state index contributed by atoms with van der Waals surface area (Å²) in [4.78, 5) is 48.9. The van der Waals surface area contributed by atoms with Crippen molar-refractivity contribution in [2.24, 2.45) is 14.1 Å². The Bertz CT molecular complexity index is 947. The number of nitrogens with one attached hydrogen (secondary N) is 1. The first-order chi connectivity index (χ1) is 12.2. The van der Waals surface area contributed by atoms with Crippen molar-refractivity contribution in [1.29, 1.82) is 0 Å². The summed E-state index contributed by atoms with van der Waals surface area (Å²) in [7, 11) is 2.56. The minimum absolute atomic E-state index is 0.0132. The van der Waals surface area contributed by atoms with Gasteiger partial charge in [-0.1, -0.05) is 30.3 Å². The molecule has 26 heavy (non-hydrogen) atoms. The molecule has 1 amide bonds. The molecule has 1 heterocycles. The molecule has 0 bridgehead atoms. The highest BCUT2D eigenvalue weighted by atomic mass is 35.5. The fraction of sp³-hybridized carbons (Fsp3) is 0.294. The van der Waals surface area contributed by atoms with Crippen LogP contribution < -0.4 is 16.6 Å². The van der Waals surface area contributed by atoms with E-state index >= 15 is 0 Å². The Kier molecular flexibility index (Phi) is 5.99. The van der Waals surface area contributed by atoms with Crippen molar-refractivity contribution in [3.05, 3.63) is 62.3 Å². The molecule has 0 spiro atoms. The minimum atomic E-state index is -1.01. The Morgan fingerprint density at radius 3 is 2.35 bits per heavy atom. The van der Waals surface area contributed by atoms with Gasteiger partial charge in [0.05, 0.1) is 5.38 Å². The number of alkyl halides is 1. The van der Waals surface area contributed by atoms with Crippen LogP contribution in [0, 0.1) is 0 Å². The SMILES string of the molecule is CC(Cl)C(=O)c1c(NC(=O)OCc2ccccc2)n(C)c(=O)n(C)c1=O. The summed E-state index contributed by atoms with van der Waals surface area (Å²) in [5.74, 6) is -0.963. The molecule has 1 N–H and O–H groups in total. The van der Waals surface area contributed by atoms with Gasteiger partial charge in [0.1, 0.15) is 18.0 Å². The van der Waals surface area contributed by atoms with Crippen LogP contribution in [0.25, 0.3) is 0 Å². The van der Waals surface area contributed by atoms with Crippen LogP contribution in [0.3, 0.4) is 0 Å². The molecule has 0 fully saturated rings. The first-order valence-electron chi connectivity index (χ1n) is 7.70. The zero-order valence-corrected chi connectivity index (χ0v) is 15.2. The van der Waals surface area contributed by atoms with Crippen molar-refractivity contribution in [2.45, 2.75) is 18.9 Å². The molecule has 0 saturated heterocycles. The molecule has 0 aliphatic carbocycles. The number of nitrogens with zero attached hydrogens (tertiary/aromatic N) is 2. The Balaban J connectivity index is 2.35. The highest BCUT2D eigenvalue weighted by molar-refractivity contribution is 6.34. The lowest BCUT2D eigenvalue weighted by Crippen LogP contribution is -2.43. The van der Waals surface area contributed by atoms with Crippen LogP contribution in [0.5, 0.6) is 0 Å². The summed E-state index contributed by atoms with van der Waals surface area (Å²) in [6.07, 6.45) is -0.909. The number of anilines is 1. The van der Waals surface area contributed by atoms with Crippen LogP contribution in [0.15, 0.2) is 39.9 Å². The lowest BCUT2D eigenvalue weighted by Gasteiger charge is -2.16. The van der Waals surface area contributed by atoms with Gasteiger partial charge >= 0.3 is 11.8 Å². The third-order valence-electron chi connectivity index (χ3n) is 3.71. The summed E-state index contributed by atoms with van der Waals surface area (Å²) < 4.78 is 6.83. The van der Waals surface area contributed by atoms with Gasteiger partial charge in [-0.15, -0.1) is 11.6 Å². The van der Waals surface area contributed by atoms with Crippen LogP contribution in [-0.4, -0.2) is 26.4 Å². The van der Waals surface area contributed by atoms with Gasteiger partial charge in [0, 0.05) is 14.1 Å². The van der Waals surface area contributed by atoms with E-state index in [1.54, 1.807) is 24.3 Å². The smallest absolute Gasteiger partial charge is 0.413 e. The zero-order valence-electron chi connectivity index (χ0n) is 14.5. The number of halogens is 1. The average molecular weight is 380 g/mol. The van der Waals surface area contributed by atoms with Gasteiger partial charge in [0.25, 0.3) is 5.56 Å². The van der Waals surface area contributed by atoms with Crippen LogP contribution in [0.1, 0.15) is 22.8 Å². The van der Waals surface area contributed by atoms with Crippen LogP contribution >= 0.6 is 11.6 Å². The number of rotatable bonds is 5. The molecule has 8 nitrogen and oxygen atoms in total. The maximum Gasteiger partial charge on any atom is 0.413 e. The first kappa shape index (κ1) is 19.5. The predicted molar refractivity (Wildman–Crippen MR) is 96.8 cm³/mol. The third kappa shape index (κ3) is 4.02. The van der Waals surface area contributed by atoms with Crippen molar-refractivity contribution in [3.63, 3.8) is 0 Å². The molecule has 0 radical (unpaired) electrons. The first-order valence-corrected chi connectivity index (χ1v) is 8.13. The number of ketones is 1. The standard InChI is InChI=1S/C17H18ClN3O5/c1-10(18)13(22)12-14(20(2)17(25)21(3)15(12)23)19-16(24)26-9-11-7-5-4-6-8-11/h4-8,10H,9H2,1-3H3,(H,19,24). The van der Waals surface area contributed by atoms with Crippen molar-refractivity contribution in [1.82, 2.24) is 9.13 Å². The van der Waals surface area contributed by atoms with Crippen LogP contribution in [0.4, 0.5) is 10.6 Å².